The standard InChI is InChI=1S/C24H32N2O2.C2HF3O2/c1-3-26(4-2)23(27)16-19-17-24(22-10-6-5-9-21(19)22)11-13-25(14-12-24)18-20-8-7-15-28-20;3-2(4,5)1(6)7/h5-10,15,19H,3-4,11-14,16-18H2,1-2H3;(H,6,7). The number of benzene rings is 1. The third-order valence-electron chi connectivity index (χ3n) is 7.16. The summed E-state index contributed by atoms with van der Waals surface area (Å²) in [6, 6.07) is 12.9. The Morgan fingerprint density at radius 1 is 1.11 bits per heavy atom. The first-order chi connectivity index (χ1) is 16.6. The van der Waals surface area contributed by atoms with Gasteiger partial charge in [0.2, 0.25) is 5.91 Å². The number of nitrogens with zero attached hydrogens (tertiary/aromatic N) is 2. The molecule has 2 aromatic rings. The predicted octanol–water partition coefficient (Wildman–Crippen LogP) is 5.19. The van der Waals surface area contributed by atoms with E-state index >= 15 is 0 Å². The van der Waals surface area contributed by atoms with E-state index in [1.807, 2.05) is 11.0 Å². The Kier molecular flexibility index (Phi) is 8.64. The number of rotatable bonds is 6. The van der Waals surface area contributed by atoms with Crippen molar-refractivity contribution in [1.82, 2.24) is 9.80 Å². The fraction of sp³-hybridized carbons (Fsp3) is 0.538. The average molecular weight is 495 g/mol. The molecule has 2 aliphatic rings. The third kappa shape index (κ3) is 6.45. The number of hydrogen-bond donors (Lipinski definition) is 1. The van der Waals surface area contributed by atoms with Crippen molar-refractivity contribution < 1.29 is 32.3 Å². The molecule has 192 valence electrons. The Balaban J connectivity index is 0.000000429. The van der Waals surface area contributed by atoms with E-state index in [-0.39, 0.29) is 5.41 Å². The van der Waals surface area contributed by atoms with Gasteiger partial charge in [-0.1, -0.05) is 24.3 Å². The van der Waals surface area contributed by atoms with Crippen LogP contribution in [-0.4, -0.2) is 59.1 Å². The minimum Gasteiger partial charge on any atom is -0.475 e. The number of halogens is 3. The van der Waals surface area contributed by atoms with Gasteiger partial charge in [-0.2, -0.15) is 13.2 Å². The molecule has 0 saturated carbocycles. The molecule has 1 aromatic heterocycles. The molecule has 2 heterocycles. The molecule has 0 radical (unpaired) electrons. The lowest BCUT2D eigenvalue weighted by atomic mass is 9.73. The molecule has 1 saturated heterocycles. The maximum Gasteiger partial charge on any atom is 0.490 e. The SMILES string of the molecule is CCN(CC)C(=O)CC1CC2(CCN(Cc3ccco3)CC2)c2ccccc21.O=C(O)C(F)(F)F. The van der Waals surface area contributed by atoms with Crippen molar-refractivity contribution in [3.8, 4) is 0 Å². The van der Waals surface area contributed by atoms with Crippen molar-refractivity contribution in [2.24, 2.45) is 0 Å². The molecular weight excluding hydrogens is 461 g/mol. The van der Waals surface area contributed by atoms with E-state index in [9.17, 15) is 18.0 Å². The van der Waals surface area contributed by atoms with Crippen LogP contribution in [0.1, 0.15) is 62.3 Å². The van der Waals surface area contributed by atoms with Gasteiger partial charge in [-0.05, 0) is 80.8 Å². The summed E-state index contributed by atoms with van der Waals surface area (Å²) in [5, 5.41) is 7.12. The number of carbonyl (C=O) groups excluding carboxylic acids is 1. The summed E-state index contributed by atoms with van der Waals surface area (Å²) in [7, 11) is 0. The van der Waals surface area contributed by atoms with Crippen LogP contribution in [-0.2, 0) is 21.5 Å². The number of piperidine rings is 1. The summed E-state index contributed by atoms with van der Waals surface area (Å²) >= 11 is 0. The van der Waals surface area contributed by atoms with Crippen molar-refractivity contribution >= 4 is 11.9 Å². The summed E-state index contributed by atoms with van der Waals surface area (Å²) in [6.45, 7) is 8.82. The topological polar surface area (TPSA) is 74.0 Å². The molecule has 1 aliphatic heterocycles. The fourth-order valence-electron chi connectivity index (χ4n) is 5.36. The molecule has 35 heavy (non-hydrogen) atoms. The second kappa shape index (κ2) is 11.3. The zero-order valence-electron chi connectivity index (χ0n) is 20.2. The van der Waals surface area contributed by atoms with Gasteiger partial charge in [-0.15, -0.1) is 0 Å². The molecule has 1 fully saturated rings. The maximum atomic E-state index is 12.8. The van der Waals surface area contributed by atoms with Crippen molar-refractivity contribution in [2.45, 2.75) is 63.6 Å². The molecule has 9 heteroatoms. The number of carboxylic acids is 1. The van der Waals surface area contributed by atoms with Gasteiger partial charge >= 0.3 is 12.1 Å². The van der Waals surface area contributed by atoms with E-state index in [4.69, 9.17) is 14.3 Å². The van der Waals surface area contributed by atoms with Crippen LogP contribution in [0.25, 0.3) is 0 Å². The Morgan fingerprint density at radius 2 is 1.74 bits per heavy atom. The molecule has 4 rings (SSSR count). The van der Waals surface area contributed by atoms with Crippen LogP contribution in [0.4, 0.5) is 13.2 Å². The quantitative estimate of drug-likeness (QED) is 0.598. The van der Waals surface area contributed by atoms with E-state index in [2.05, 4.69) is 49.1 Å². The Hall–Kier alpha value is -2.81. The first-order valence-electron chi connectivity index (χ1n) is 12.0. The molecular formula is C26H33F3N2O4. The van der Waals surface area contributed by atoms with Crippen LogP contribution in [0.5, 0.6) is 0 Å². The van der Waals surface area contributed by atoms with Gasteiger partial charge in [-0.3, -0.25) is 9.69 Å². The number of furan rings is 1. The van der Waals surface area contributed by atoms with Gasteiger partial charge in [-0.25, -0.2) is 4.79 Å². The minimum absolute atomic E-state index is 0.241. The number of hydrogen-bond acceptors (Lipinski definition) is 4. The van der Waals surface area contributed by atoms with Crippen LogP contribution in [0.3, 0.4) is 0 Å². The van der Waals surface area contributed by atoms with Crippen molar-refractivity contribution in [3.63, 3.8) is 0 Å². The molecule has 1 aliphatic carbocycles. The molecule has 1 amide bonds. The Labute approximate surface area is 203 Å². The minimum atomic E-state index is -5.08. The smallest absolute Gasteiger partial charge is 0.475 e. The van der Waals surface area contributed by atoms with Crippen LogP contribution in [0.15, 0.2) is 47.1 Å². The highest BCUT2D eigenvalue weighted by molar-refractivity contribution is 5.77. The number of carboxylic acid groups (broad SMARTS) is 1. The first kappa shape index (κ1) is 26.8. The van der Waals surface area contributed by atoms with Crippen LogP contribution < -0.4 is 0 Å². The second-order valence-corrected chi connectivity index (χ2v) is 9.20. The molecule has 6 nitrogen and oxygen atoms in total. The zero-order chi connectivity index (χ0) is 25.6. The number of amides is 1. The van der Waals surface area contributed by atoms with Gasteiger partial charge in [0.15, 0.2) is 0 Å². The van der Waals surface area contributed by atoms with Gasteiger partial charge in [0.25, 0.3) is 0 Å². The summed E-state index contributed by atoms with van der Waals surface area (Å²) in [4.78, 5) is 26.1. The lowest BCUT2D eigenvalue weighted by Gasteiger charge is -2.40. The highest BCUT2D eigenvalue weighted by Gasteiger charge is 2.45. The van der Waals surface area contributed by atoms with Crippen LogP contribution in [0.2, 0.25) is 0 Å². The van der Waals surface area contributed by atoms with Crippen LogP contribution in [0, 0.1) is 0 Å². The second-order valence-electron chi connectivity index (χ2n) is 9.20. The summed E-state index contributed by atoms with van der Waals surface area (Å²) in [5.41, 5.74) is 3.16. The monoisotopic (exact) mass is 494 g/mol. The van der Waals surface area contributed by atoms with Crippen molar-refractivity contribution in [3.05, 3.63) is 59.5 Å². The summed E-state index contributed by atoms with van der Waals surface area (Å²) in [6.07, 6.45) is 0.775. The van der Waals surface area contributed by atoms with Crippen LogP contribution >= 0.6 is 0 Å². The zero-order valence-corrected chi connectivity index (χ0v) is 20.2. The highest BCUT2D eigenvalue weighted by Crippen LogP contribution is 2.52. The molecule has 0 bridgehead atoms. The predicted molar refractivity (Wildman–Crippen MR) is 125 cm³/mol. The number of alkyl halides is 3. The van der Waals surface area contributed by atoms with E-state index in [1.54, 1.807) is 6.26 Å². The van der Waals surface area contributed by atoms with Gasteiger partial charge in [0, 0.05) is 19.5 Å². The van der Waals surface area contributed by atoms with Crippen molar-refractivity contribution in [2.75, 3.05) is 26.2 Å². The molecule has 1 spiro atoms. The Morgan fingerprint density at radius 3 is 2.29 bits per heavy atom. The lowest BCUT2D eigenvalue weighted by Crippen LogP contribution is -2.41. The largest absolute Gasteiger partial charge is 0.490 e. The summed E-state index contributed by atoms with van der Waals surface area (Å²) in [5.74, 6) is -1.05. The number of likely N-dealkylation sites (tertiary alicyclic amines) is 1. The van der Waals surface area contributed by atoms with E-state index in [1.165, 1.54) is 24.0 Å². The van der Waals surface area contributed by atoms with Gasteiger partial charge in [0.1, 0.15) is 5.76 Å². The van der Waals surface area contributed by atoms with E-state index in [0.29, 0.717) is 18.2 Å². The maximum absolute atomic E-state index is 12.8. The van der Waals surface area contributed by atoms with E-state index in [0.717, 1.165) is 44.9 Å². The number of carbonyl (C=O) groups is 2. The molecule has 1 N–H and O–H groups in total. The lowest BCUT2D eigenvalue weighted by molar-refractivity contribution is -0.192. The molecule has 1 aromatic carbocycles. The molecule has 1 unspecified atom stereocenters. The third-order valence-corrected chi connectivity index (χ3v) is 7.16. The number of aliphatic carboxylic acids is 1. The average Bonchev–Trinajstić information content (AvgIpc) is 3.43. The Bertz CT molecular complexity index is 979. The molecule has 1 atom stereocenters. The number of fused-ring (bicyclic) bond motifs is 2. The highest BCUT2D eigenvalue weighted by atomic mass is 19.4. The van der Waals surface area contributed by atoms with Gasteiger partial charge in [0.05, 0.1) is 12.8 Å². The summed E-state index contributed by atoms with van der Waals surface area (Å²) < 4.78 is 37.3. The van der Waals surface area contributed by atoms with Gasteiger partial charge < -0.3 is 14.4 Å². The van der Waals surface area contributed by atoms with E-state index < -0.39 is 12.1 Å². The fourth-order valence-corrected chi connectivity index (χ4v) is 5.36. The first-order valence-corrected chi connectivity index (χ1v) is 12.0. The normalized spacial score (nSPS) is 19.1. The van der Waals surface area contributed by atoms with Crippen molar-refractivity contribution in [1.29, 1.82) is 0 Å².